The second-order valence-electron chi connectivity index (χ2n) is 4.50. The van der Waals surface area contributed by atoms with Gasteiger partial charge in [-0.3, -0.25) is 0 Å². The summed E-state index contributed by atoms with van der Waals surface area (Å²) in [6.07, 6.45) is 1.28. The smallest absolute Gasteiger partial charge is 0.0331 e. The molecule has 0 saturated carbocycles. The quantitative estimate of drug-likeness (QED) is 0.656. The molecule has 1 fully saturated rings. The van der Waals surface area contributed by atoms with Gasteiger partial charge in [-0.1, -0.05) is 20.4 Å². The summed E-state index contributed by atoms with van der Waals surface area (Å²) in [5.41, 5.74) is 1.30. The van der Waals surface area contributed by atoms with Crippen molar-refractivity contribution in [1.29, 1.82) is 0 Å². The summed E-state index contributed by atoms with van der Waals surface area (Å²) in [7, 11) is 4.32. The zero-order valence-electron chi connectivity index (χ0n) is 9.38. The first-order valence-corrected chi connectivity index (χ1v) is 5.12. The minimum atomic E-state index is 0.584. The van der Waals surface area contributed by atoms with Gasteiger partial charge in [0, 0.05) is 24.8 Å². The number of likely N-dealkylation sites (N-methyl/N-ethyl adjacent to an activating group) is 1. The molecule has 0 amide bonds. The Morgan fingerprint density at radius 1 is 1.46 bits per heavy atom. The van der Waals surface area contributed by atoms with Gasteiger partial charge >= 0.3 is 0 Å². The molecule has 1 rings (SSSR count). The molecular formula is C11H22N2. The Morgan fingerprint density at radius 2 is 2.08 bits per heavy atom. The second kappa shape index (κ2) is 4.14. The molecule has 0 N–H and O–H groups in total. The summed E-state index contributed by atoms with van der Waals surface area (Å²) < 4.78 is 0. The number of hydrogen-bond acceptors (Lipinski definition) is 2. The highest BCUT2D eigenvalue weighted by Crippen LogP contribution is 2.21. The molecule has 0 radical (unpaired) electrons. The Hall–Kier alpha value is -0.500. The van der Waals surface area contributed by atoms with Gasteiger partial charge in [0.2, 0.25) is 0 Å². The van der Waals surface area contributed by atoms with Gasteiger partial charge in [0.15, 0.2) is 0 Å². The van der Waals surface area contributed by atoms with Crippen molar-refractivity contribution in [2.45, 2.75) is 26.3 Å². The van der Waals surface area contributed by atoms with E-state index >= 15 is 0 Å². The fraction of sp³-hybridized carbons (Fsp3) is 0.818. The lowest BCUT2D eigenvalue weighted by atomic mass is 10.1. The van der Waals surface area contributed by atoms with E-state index in [1.807, 2.05) is 0 Å². The lowest BCUT2D eigenvalue weighted by molar-refractivity contribution is 0.284. The van der Waals surface area contributed by atoms with Crippen LogP contribution in [0.15, 0.2) is 12.3 Å². The Labute approximate surface area is 82.2 Å². The van der Waals surface area contributed by atoms with Gasteiger partial charge in [0.05, 0.1) is 0 Å². The third kappa shape index (κ3) is 2.47. The van der Waals surface area contributed by atoms with Crippen molar-refractivity contribution in [2.24, 2.45) is 5.92 Å². The summed E-state index contributed by atoms with van der Waals surface area (Å²) in [6.45, 7) is 10.9. The number of allylic oxidation sites excluding steroid dienone is 1. The van der Waals surface area contributed by atoms with Gasteiger partial charge < -0.3 is 9.80 Å². The van der Waals surface area contributed by atoms with Crippen LogP contribution in [0.5, 0.6) is 0 Å². The predicted molar refractivity (Wildman–Crippen MR) is 57.6 cm³/mol. The molecule has 13 heavy (non-hydrogen) atoms. The molecule has 2 heteroatoms. The van der Waals surface area contributed by atoms with Gasteiger partial charge in [0.1, 0.15) is 0 Å². The third-order valence-electron chi connectivity index (χ3n) is 2.97. The highest BCUT2D eigenvalue weighted by molar-refractivity contribution is 5.01. The molecule has 0 bridgehead atoms. The summed E-state index contributed by atoms with van der Waals surface area (Å²) in [5.74, 6) is 0.584. The SMILES string of the molecule is C=C(C(C)C)N1CCC(N(C)C)C1. The maximum absolute atomic E-state index is 4.14. The van der Waals surface area contributed by atoms with Crippen molar-refractivity contribution in [2.75, 3.05) is 27.2 Å². The van der Waals surface area contributed by atoms with Crippen LogP contribution < -0.4 is 0 Å². The molecule has 1 atom stereocenters. The van der Waals surface area contributed by atoms with E-state index in [-0.39, 0.29) is 0 Å². The average Bonchev–Trinajstić information content (AvgIpc) is 2.50. The highest BCUT2D eigenvalue weighted by atomic mass is 15.2. The van der Waals surface area contributed by atoms with Crippen molar-refractivity contribution < 1.29 is 0 Å². The molecule has 1 saturated heterocycles. The lowest BCUT2D eigenvalue weighted by Gasteiger charge is -2.25. The maximum atomic E-state index is 4.14. The monoisotopic (exact) mass is 182 g/mol. The molecule has 0 spiro atoms. The zero-order valence-corrected chi connectivity index (χ0v) is 9.38. The lowest BCUT2D eigenvalue weighted by Crippen LogP contribution is -2.31. The first kappa shape index (κ1) is 10.6. The van der Waals surface area contributed by atoms with E-state index in [0.717, 1.165) is 12.6 Å². The fourth-order valence-electron chi connectivity index (χ4n) is 1.79. The summed E-state index contributed by atoms with van der Waals surface area (Å²) in [6, 6.07) is 0.718. The molecule has 1 aliphatic heterocycles. The maximum Gasteiger partial charge on any atom is 0.0331 e. The van der Waals surface area contributed by atoms with Gasteiger partial charge in [-0.05, 0) is 26.4 Å². The topological polar surface area (TPSA) is 6.48 Å². The van der Waals surface area contributed by atoms with E-state index in [1.54, 1.807) is 0 Å². The Bertz CT molecular complexity index is 185. The molecular weight excluding hydrogens is 160 g/mol. The number of rotatable bonds is 3. The van der Waals surface area contributed by atoms with Crippen molar-refractivity contribution >= 4 is 0 Å². The Morgan fingerprint density at radius 3 is 2.46 bits per heavy atom. The Kier molecular flexibility index (Phi) is 3.37. The number of nitrogens with zero attached hydrogens (tertiary/aromatic N) is 2. The van der Waals surface area contributed by atoms with Crippen LogP contribution in [0, 0.1) is 5.92 Å². The van der Waals surface area contributed by atoms with E-state index in [0.29, 0.717) is 5.92 Å². The van der Waals surface area contributed by atoms with Crippen LogP contribution in [0.25, 0.3) is 0 Å². The molecule has 0 aromatic carbocycles. The van der Waals surface area contributed by atoms with E-state index in [4.69, 9.17) is 0 Å². The molecule has 76 valence electrons. The zero-order chi connectivity index (χ0) is 10.0. The van der Waals surface area contributed by atoms with Crippen molar-refractivity contribution in [3.8, 4) is 0 Å². The molecule has 0 aliphatic carbocycles. The first-order chi connectivity index (χ1) is 6.02. The second-order valence-corrected chi connectivity index (χ2v) is 4.50. The van der Waals surface area contributed by atoms with E-state index in [2.05, 4.69) is 44.3 Å². The van der Waals surface area contributed by atoms with Gasteiger partial charge in [0.25, 0.3) is 0 Å². The summed E-state index contributed by atoms with van der Waals surface area (Å²) >= 11 is 0. The minimum absolute atomic E-state index is 0.584. The average molecular weight is 182 g/mol. The summed E-state index contributed by atoms with van der Waals surface area (Å²) in [4.78, 5) is 4.74. The number of likely N-dealkylation sites (tertiary alicyclic amines) is 1. The van der Waals surface area contributed by atoms with Crippen LogP contribution >= 0.6 is 0 Å². The minimum Gasteiger partial charge on any atom is -0.373 e. The number of hydrogen-bond donors (Lipinski definition) is 0. The van der Waals surface area contributed by atoms with Crippen LogP contribution in [-0.4, -0.2) is 43.0 Å². The molecule has 2 nitrogen and oxygen atoms in total. The van der Waals surface area contributed by atoms with Gasteiger partial charge in [-0.2, -0.15) is 0 Å². The van der Waals surface area contributed by atoms with Crippen molar-refractivity contribution in [1.82, 2.24) is 9.80 Å². The van der Waals surface area contributed by atoms with Crippen LogP contribution in [0.1, 0.15) is 20.3 Å². The molecule has 1 heterocycles. The van der Waals surface area contributed by atoms with Crippen molar-refractivity contribution in [3.05, 3.63) is 12.3 Å². The first-order valence-electron chi connectivity index (χ1n) is 5.12. The van der Waals surface area contributed by atoms with Crippen molar-refractivity contribution in [3.63, 3.8) is 0 Å². The van der Waals surface area contributed by atoms with Crippen LogP contribution in [0.4, 0.5) is 0 Å². The molecule has 1 aliphatic rings. The normalized spacial score (nSPS) is 23.2. The van der Waals surface area contributed by atoms with E-state index < -0.39 is 0 Å². The molecule has 0 aromatic heterocycles. The predicted octanol–water partition coefficient (Wildman–Crippen LogP) is 1.79. The van der Waals surface area contributed by atoms with E-state index in [1.165, 1.54) is 18.7 Å². The third-order valence-corrected chi connectivity index (χ3v) is 2.97. The van der Waals surface area contributed by atoms with Crippen LogP contribution in [0.3, 0.4) is 0 Å². The van der Waals surface area contributed by atoms with E-state index in [9.17, 15) is 0 Å². The van der Waals surface area contributed by atoms with Gasteiger partial charge in [-0.25, -0.2) is 0 Å². The summed E-state index contributed by atoms with van der Waals surface area (Å²) in [5, 5.41) is 0. The molecule has 1 unspecified atom stereocenters. The van der Waals surface area contributed by atoms with Crippen LogP contribution in [0.2, 0.25) is 0 Å². The van der Waals surface area contributed by atoms with Crippen LogP contribution in [-0.2, 0) is 0 Å². The molecule has 0 aromatic rings. The fourth-order valence-corrected chi connectivity index (χ4v) is 1.79. The highest BCUT2D eigenvalue weighted by Gasteiger charge is 2.25. The van der Waals surface area contributed by atoms with Gasteiger partial charge in [-0.15, -0.1) is 0 Å². The standard InChI is InChI=1S/C11H22N2/c1-9(2)10(3)13-7-6-11(8-13)12(4)5/h9,11H,3,6-8H2,1-2,4-5H3. The Balaban J connectivity index is 2.45. The largest absolute Gasteiger partial charge is 0.373 e.